The second kappa shape index (κ2) is 5.43. The van der Waals surface area contributed by atoms with Gasteiger partial charge in [-0.15, -0.1) is 11.3 Å². The number of methoxy groups -OCH3 is 1. The van der Waals surface area contributed by atoms with E-state index in [1.165, 1.54) is 5.56 Å². The highest BCUT2D eigenvalue weighted by atomic mass is 32.1. The van der Waals surface area contributed by atoms with E-state index < -0.39 is 0 Å². The molecule has 0 amide bonds. The molecule has 3 rings (SSSR count). The first-order chi connectivity index (χ1) is 9.78. The van der Waals surface area contributed by atoms with E-state index in [0.717, 1.165) is 27.6 Å². The zero-order chi connectivity index (χ0) is 13.9. The zero-order valence-electron chi connectivity index (χ0n) is 11.3. The lowest BCUT2D eigenvalue weighted by atomic mass is 10.1. The van der Waals surface area contributed by atoms with Crippen molar-refractivity contribution in [3.63, 3.8) is 0 Å². The third kappa shape index (κ3) is 2.42. The zero-order valence-corrected chi connectivity index (χ0v) is 12.1. The van der Waals surface area contributed by atoms with Gasteiger partial charge in [0.15, 0.2) is 0 Å². The molecule has 0 N–H and O–H groups in total. The van der Waals surface area contributed by atoms with E-state index in [0.29, 0.717) is 0 Å². The van der Waals surface area contributed by atoms with Gasteiger partial charge in [0.2, 0.25) is 0 Å². The third-order valence-corrected chi connectivity index (χ3v) is 4.04. The van der Waals surface area contributed by atoms with Crippen LogP contribution in [-0.4, -0.2) is 17.1 Å². The Kier molecular flexibility index (Phi) is 3.48. The van der Waals surface area contributed by atoms with Crippen LogP contribution >= 0.6 is 11.3 Å². The molecular weight excluding hydrogens is 268 g/mol. The fraction of sp³-hybridized carbons (Fsp3) is 0.125. The van der Waals surface area contributed by atoms with Crippen molar-refractivity contribution in [3.05, 3.63) is 53.7 Å². The van der Waals surface area contributed by atoms with Crippen LogP contribution in [0.4, 0.5) is 0 Å². The molecule has 20 heavy (non-hydrogen) atoms. The van der Waals surface area contributed by atoms with Crippen molar-refractivity contribution in [3.8, 4) is 27.6 Å². The maximum Gasteiger partial charge on any atom is 0.125 e. The monoisotopic (exact) mass is 282 g/mol. The molecule has 0 saturated heterocycles. The first-order valence-corrected chi connectivity index (χ1v) is 7.17. The molecule has 0 radical (unpaired) electrons. The molecule has 3 nitrogen and oxygen atoms in total. The lowest BCUT2D eigenvalue weighted by Gasteiger charge is -2.01. The molecule has 0 aliphatic rings. The van der Waals surface area contributed by atoms with Crippen LogP contribution in [0.3, 0.4) is 0 Å². The number of benzene rings is 1. The Hall–Kier alpha value is -2.20. The van der Waals surface area contributed by atoms with Crippen molar-refractivity contribution >= 4 is 11.3 Å². The summed E-state index contributed by atoms with van der Waals surface area (Å²) >= 11 is 1.64. The summed E-state index contributed by atoms with van der Waals surface area (Å²) in [5.41, 5.74) is 4.36. The summed E-state index contributed by atoms with van der Waals surface area (Å²) in [5, 5.41) is 3.07. The summed E-state index contributed by atoms with van der Waals surface area (Å²) in [7, 11) is 1.67. The lowest BCUT2D eigenvalue weighted by Crippen LogP contribution is -1.85. The van der Waals surface area contributed by atoms with Crippen LogP contribution in [-0.2, 0) is 0 Å². The molecule has 2 heterocycles. The van der Waals surface area contributed by atoms with E-state index in [2.05, 4.69) is 17.3 Å². The van der Waals surface area contributed by atoms with Gasteiger partial charge in [-0.1, -0.05) is 0 Å². The Morgan fingerprint density at radius 2 is 1.90 bits per heavy atom. The molecule has 3 aromatic rings. The molecule has 0 unspecified atom stereocenters. The van der Waals surface area contributed by atoms with Gasteiger partial charge >= 0.3 is 0 Å². The summed E-state index contributed by atoms with van der Waals surface area (Å²) in [5.74, 6) is 0.854. The molecule has 0 atom stereocenters. The minimum Gasteiger partial charge on any atom is -0.497 e. The summed E-state index contributed by atoms with van der Waals surface area (Å²) < 4.78 is 5.17. The van der Waals surface area contributed by atoms with Crippen molar-refractivity contribution in [2.45, 2.75) is 6.92 Å². The number of hydrogen-bond donors (Lipinski definition) is 0. The highest BCUT2D eigenvalue weighted by molar-refractivity contribution is 7.13. The van der Waals surface area contributed by atoms with Gasteiger partial charge in [0.25, 0.3) is 0 Å². The number of ether oxygens (including phenoxy) is 1. The highest BCUT2D eigenvalue weighted by Crippen LogP contribution is 2.30. The summed E-state index contributed by atoms with van der Waals surface area (Å²) in [4.78, 5) is 8.88. The standard InChI is InChI=1S/C16H14N2OS/c1-11-7-8-17-9-14(11)16-18-15(10-20-16)12-3-5-13(19-2)6-4-12/h3-10H,1-2H3. The van der Waals surface area contributed by atoms with E-state index in [-0.39, 0.29) is 0 Å². The number of hydrogen-bond acceptors (Lipinski definition) is 4. The van der Waals surface area contributed by atoms with Crippen LogP contribution in [0.5, 0.6) is 5.75 Å². The van der Waals surface area contributed by atoms with Gasteiger partial charge in [-0.3, -0.25) is 4.98 Å². The van der Waals surface area contributed by atoms with Crippen LogP contribution in [0, 0.1) is 6.92 Å². The second-order valence-electron chi connectivity index (χ2n) is 4.46. The van der Waals surface area contributed by atoms with Gasteiger partial charge in [0, 0.05) is 28.9 Å². The van der Waals surface area contributed by atoms with E-state index in [1.54, 1.807) is 24.6 Å². The number of pyridine rings is 1. The third-order valence-electron chi connectivity index (χ3n) is 3.16. The normalized spacial score (nSPS) is 10.5. The van der Waals surface area contributed by atoms with E-state index >= 15 is 0 Å². The average molecular weight is 282 g/mol. The summed E-state index contributed by atoms with van der Waals surface area (Å²) in [6.45, 7) is 2.07. The molecule has 0 bridgehead atoms. The molecule has 100 valence electrons. The molecule has 0 aliphatic heterocycles. The van der Waals surface area contributed by atoms with E-state index in [1.807, 2.05) is 36.5 Å². The highest BCUT2D eigenvalue weighted by Gasteiger charge is 2.08. The number of rotatable bonds is 3. The van der Waals surface area contributed by atoms with Crippen LogP contribution in [0.1, 0.15) is 5.56 Å². The largest absolute Gasteiger partial charge is 0.497 e. The quantitative estimate of drug-likeness (QED) is 0.722. The summed E-state index contributed by atoms with van der Waals surface area (Å²) in [6, 6.07) is 9.94. The minimum atomic E-state index is 0.854. The van der Waals surface area contributed by atoms with Crippen molar-refractivity contribution in [2.24, 2.45) is 0 Å². The molecule has 1 aromatic carbocycles. The van der Waals surface area contributed by atoms with Crippen LogP contribution in [0.2, 0.25) is 0 Å². The molecule has 0 aliphatic carbocycles. The fourth-order valence-electron chi connectivity index (χ4n) is 1.98. The van der Waals surface area contributed by atoms with Gasteiger partial charge in [-0.05, 0) is 42.8 Å². The van der Waals surface area contributed by atoms with E-state index in [9.17, 15) is 0 Å². The van der Waals surface area contributed by atoms with Crippen LogP contribution in [0.25, 0.3) is 21.8 Å². The molecule has 4 heteroatoms. The maximum absolute atomic E-state index is 5.17. The Bertz CT molecular complexity index is 719. The molecule has 2 aromatic heterocycles. The molecule has 0 saturated carbocycles. The van der Waals surface area contributed by atoms with Crippen LogP contribution < -0.4 is 4.74 Å². The molecular formula is C16H14N2OS. The van der Waals surface area contributed by atoms with Gasteiger partial charge in [-0.2, -0.15) is 0 Å². The van der Waals surface area contributed by atoms with Crippen molar-refractivity contribution in [1.82, 2.24) is 9.97 Å². The van der Waals surface area contributed by atoms with Crippen molar-refractivity contribution in [2.75, 3.05) is 7.11 Å². The van der Waals surface area contributed by atoms with Gasteiger partial charge in [-0.25, -0.2) is 4.98 Å². The van der Waals surface area contributed by atoms with Crippen LogP contribution in [0.15, 0.2) is 48.1 Å². The topological polar surface area (TPSA) is 35.0 Å². The van der Waals surface area contributed by atoms with Gasteiger partial charge in [0.1, 0.15) is 10.8 Å². The molecule has 0 fully saturated rings. The first-order valence-electron chi connectivity index (χ1n) is 6.29. The fourth-order valence-corrected chi connectivity index (χ4v) is 2.88. The maximum atomic E-state index is 5.17. The Balaban J connectivity index is 1.95. The summed E-state index contributed by atoms with van der Waals surface area (Å²) in [6.07, 6.45) is 3.67. The van der Waals surface area contributed by atoms with E-state index in [4.69, 9.17) is 9.72 Å². The Labute approximate surface area is 121 Å². The first kappa shape index (κ1) is 12.8. The smallest absolute Gasteiger partial charge is 0.125 e. The van der Waals surface area contributed by atoms with Crippen molar-refractivity contribution in [1.29, 1.82) is 0 Å². The second-order valence-corrected chi connectivity index (χ2v) is 5.32. The lowest BCUT2D eigenvalue weighted by molar-refractivity contribution is 0.415. The SMILES string of the molecule is COc1ccc(-c2csc(-c3cnccc3C)n2)cc1. The Morgan fingerprint density at radius 1 is 1.10 bits per heavy atom. The van der Waals surface area contributed by atoms with Gasteiger partial charge < -0.3 is 4.74 Å². The predicted octanol–water partition coefficient (Wildman–Crippen LogP) is 4.19. The molecule has 0 spiro atoms. The number of nitrogens with zero attached hydrogens (tertiary/aromatic N) is 2. The van der Waals surface area contributed by atoms with Gasteiger partial charge in [0.05, 0.1) is 12.8 Å². The average Bonchev–Trinajstić information content (AvgIpc) is 2.97. The Morgan fingerprint density at radius 3 is 2.60 bits per heavy atom. The van der Waals surface area contributed by atoms with Crippen molar-refractivity contribution < 1.29 is 4.74 Å². The number of aromatic nitrogens is 2. The predicted molar refractivity (Wildman–Crippen MR) is 82.1 cm³/mol. The number of thiazole rings is 1. The minimum absolute atomic E-state index is 0.854. The number of aryl methyl sites for hydroxylation is 1.